The van der Waals surface area contributed by atoms with E-state index in [0.717, 1.165) is 25.7 Å². The van der Waals surface area contributed by atoms with E-state index in [1.54, 1.807) is 4.90 Å². The zero-order valence-corrected chi connectivity index (χ0v) is 12.9. The third kappa shape index (κ3) is 5.78. The topological polar surface area (TPSA) is 75.4 Å². The highest BCUT2D eigenvalue weighted by Gasteiger charge is 2.30. The van der Waals surface area contributed by atoms with Crippen molar-refractivity contribution in [2.24, 2.45) is 11.1 Å². The summed E-state index contributed by atoms with van der Waals surface area (Å²) >= 11 is 0. The van der Waals surface area contributed by atoms with E-state index in [1.807, 2.05) is 7.05 Å². The highest BCUT2D eigenvalue weighted by Crippen LogP contribution is 2.36. The van der Waals surface area contributed by atoms with Gasteiger partial charge < -0.3 is 16.0 Å². The summed E-state index contributed by atoms with van der Waals surface area (Å²) in [5.41, 5.74) is 5.57. The Bertz CT molecular complexity index is 311. The van der Waals surface area contributed by atoms with Gasteiger partial charge in [0.05, 0.1) is 13.1 Å². The lowest BCUT2D eigenvalue weighted by Crippen LogP contribution is -2.46. The number of amides is 2. The molecule has 1 aliphatic carbocycles. The fourth-order valence-corrected chi connectivity index (χ4v) is 2.35. The molecule has 5 nitrogen and oxygen atoms in total. The van der Waals surface area contributed by atoms with Crippen molar-refractivity contribution in [1.29, 1.82) is 0 Å². The van der Waals surface area contributed by atoms with Crippen LogP contribution in [0.5, 0.6) is 0 Å². The van der Waals surface area contributed by atoms with Gasteiger partial charge in [0.15, 0.2) is 0 Å². The molecule has 1 aliphatic rings. The first-order chi connectivity index (χ1) is 8.35. The lowest BCUT2D eigenvalue weighted by molar-refractivity contribution is -0.134. The minimum absolute atomic E-state index is 0. The van der Waals surface area contributed by atoms with Crippen molar-refractivity contribution in [2.45, 2.75) is 45.6 Å². The van der Waals surface area contributed by atoms with E-state index in [-0.39, 0.29) is 37.3 Å². The van der Waals surface area contributed by atoms with Gasteiger partial charge in [-0.25, -0.2) is 0 Å². The Balaban J connectivity index is 0.00000324. The van der Waals surface area contributed by atoms with Crippen LogP contribution in [-0.2, 0) is 9.59 Å². The van der Waals surface area contributed by atoms with Crippen LogP contribution in [0.4, 0.5) is 0 Å². The second-order valence-electron chi connectivity index (χ2n) is 5.88. The van der Waals surface area contributed by atoms with E-state index in [0.29, 0.717) is 11.5 Å². The maximum Gasteiger partial charge on any atom is 0.241 e. The van der Waals surface area contributed by atoms with Crippen molar-refractivity contribution in [3.05, 3.63) is 0 Å². The van der Waals surface area contributed by atoms with Crippen LogP contribution < -0.4 is 11.1 Å². The number of rotatable bonds is 4. The number of carbonyl (C=O) groups excluding carboxylic acids is 2. The van der Waals surface area contributed by atoms with E-state index in [2.05, 4.69) is 19.2 Å². The van der Waals surface area contributed by atoms with E-state index >= 15 is 0 Å². The first kappa shape index (κ1) is 18.2. The van der Waals surface area contributed by atoms with Crippen LogP contribution in [0.25, 0.3) is 0 Å². The largest absolute Gasteiger partial charge is 0.346 e. The number of nitrogens with zero attached hydrogens (tertiary/aromatic N) is 1. The van der Waals surface area contributed by atoms with Crippen molar-refractivity contribution < 1.29 is 9.59 Å². The van der Waals surface area contributed by atoms with Gasteiger partial charge in [-0.1, -0.05) is 13.8 Å². The maximum atomic E-state index is 11.9. The molecule has 0 aromatic carbocycles. The fourth-order valence-electron chi connectivity index (χ4n) is 2.35. The van der Waals surface area contributed by atoms with Crippen LogP contribution in [0.3, 0.4) is 0 Å². The Morgan fingerprint density at radius 2 is 1.84 bits per heavy atom. The molecule has 1 fully saturated rings. The summed E-state index contributed by atoms with van der Waals surface area (Å²) in [5, 5.41) is 2.51. The SMILES string of the molecule is CN(C(=O)CNC(=O)CN)C1CCC(C)(C)CC1.Cl. The van der Waals surface area contributed by atoms with E-state index in [4.69, 9.17) is 5.73 Å². The summed E-state index contributed by atoms with van der Waals surface area (Å²) in [4.78, 5) is 24.7. The molecule has 0 radical (unpaired) electrons. The number of halogens is 1. The minimum Gasteiger partial charge on any atom is -0.346 e. The van der Waals surface area contributed by atoms with Gasteiger partial charge in [-0.15, -0.1) is 12.4 Å². The standard InChI is InChI=1S/C13H25N3O2.ClH/c1-13(2)6-4-10(5-7-13)16(3)12(18)9-15-11(17)8-14;/h10H,4-9,14H2,1-3H3,(H,15,17);1H. The molecule has 0 aromatic rings. The molecule has 0 unspecified atom stereocenters. The summed E-state index contributed by atoms with van der Waals surface area (Å²) in [6.07, 6.45) is 4.37. The van der Waals surface area contributed by atoms with Gasteiger partial charge in [0, 0.05) is 13.1 Å². The molecule has 112 valence electrons. The quantitative estimate of drug-likeness (QED) is 0.808. The molecular weight excluding hydrogens is 266 g/mol. The Hall–Kier alpha value is -0.810. The number of hydrogen-bond acceptors (Lipinski definition) is 3. The zero-order chi connectivity index (χ0) is 13.8. The number of nitrogens with one attached hydrogen (secondary N) is 1. The Morgan fingerprint density at radius 3 is 2.32 bits per heavy atom. The fraction of sp³-hybridized carbons (Fsp3) is 0.846. The van der Waals surface area contributed by atoms with E-state index in [1.165, 1.54) is 0 Å². The van der Waals surface area contributed by atoms with Crippen LogP contribution in [0.15, 0.2) is 0 Å². The summed E-state index contributed by atoms with van der Waals surface area (Å²) in [5.74, 6) is -0.331. The lowest BCUT2D eigenvalue weighted by atomic mass is 9.75. The van der Waals surface area contributed by atoms with Crippen molar-refractivity contribution in [2.75, 3.05) is 20.1 Å². The maximum absolute atomic E-state index is 11.9. The summed E-state index contributed by atoms with van der Waals surface area (Å²) in [6.45, 7) is 4.51. The second-order valence-corrected chi connectivity index (χ2v) is 5.88. The van der Waals surface area contributed by atoms with Crippen LogP contribution in [0, 0.1) is 5.41 Å². The van der Waals surface area contributed by atoms with Crippen molar-refractivity contribution in [1.82, 2.24) is 10.2 Å². The van der Waals surface area contributed by atoms with Crippen LogP contribution in [0.2, 0.25) is 0 Å². The Labute approximate surface area is 121 Å². The third-order valence-electron chi connectivity index (χ3n) is 3.87. The van der Waals surface area contributed by atoms with Gasteiger partial charge in [0.2, 0.25) is 11.8 Å². The van der Waals surface area contributed by atoms with Gasteiger partial charge in [-0.3, -0.25) is 9.59 Å². The third-order valence-corrected chi connectivity index (χ3v) is 3.87. The van der Waals surface area contributed by atoms with Crippen molar-refractivity contribution in [3.8, 4) is 0 Å². The minimum atomic E-state index is -0.290. The lowest BCUT2D eigenvalue weighted by Gasteiger charge is -2.38. The molecule has 1 saturated carbocycles. The first-order valence-electron chi connectivity index (χ1n) is 6.58. The first-order valence-corrected chi connectivity index (χ1v) is 6.58. The van der Waals surface area contributed by atoms with Gasteiger partial charge in [0.1, 0.15) is 0 Å². The molecule has 3 N–H and O–H groups in total. The second kappa shape index (κ2) is 7.70. The molecular formula is C13H26ClN3O2. The summed E-state index contributed by atoms with van der Waals surface area (Å²) < 4.78 is 0. The molecule has 0 atom stereocenters. The van der Waals surface area contributed by atoms with E-state index in [9.17, 15) is 9.59 Å². The molecule has 19 heavy (non-hydrogen) atoms. The number of carbonyl (C=O) groups is 2. The van der Waals surface area contributed by atoms with Crippen LogP contribution in [0.1, 0.15) is 39.5 Å². The molecule has 0 heterocycles. The zero-order valence-electron chi connectivity index (χ0n) is 12.1. The molecule has 0 aromatic heterocycles. The van der Waals surface area contributed by atoms with Crippen LogP contribution >= 0.6 is 12.4 Å². The molecule has 0 spiro atoms. The van der Waals surface area contributed by atoms with Gasteiger partial charge >= 0.3 is 0 Å². The average molecular weight is 292 g/mol. The normalized spacial score (nSPS) is 18.3. The molecule has 0 bridgehead atoms. The van der Waals surface area contributed by atoms with Gasteiger partial charge in [-0.2, -0.15) is 0 Å². The average Bonchev–Trinajstić information content (AvgIpc) is 2.34. The highest BCUT2D eigenvalue weighted by atomic mass is 35.5. The monoisotopic (exact) mass is 291 g/mol. The number of hydrogen-bond donors (Lipinski definition) is 2. The molecule has 2 amide bonds. The van der Waals surface area contributed by atoms with Gasteiger partial charge in [-0.05, 0) is 31.1 Å². The number of likely N-dealkylation sites (N-methyl/N-ethyl adjacent to an activating group) is 1. The summed E-state index contributed by atoms with van der Waals surface area (Å²) in [6, 6.07) is 0.306. The van der Waals surface area contributed by atoms with E-state index < -0.39 is 0 Å². The Kier molecular flexibility index (Phi) is 7.37. The molecule has 0 saturated heterocycles. The summed E-state index contributed by atoms with van der Waals surface area (Å²) in [7, 11) is 1.82. The molecule has 0 aliphatic heterocycles. The highest BCUT2D eigenvalue weighted by molar-refractivity contribution is 5.85. The molecule has 6 heteroatoms. The van der Waals surface area contributed by atoms with Gasteiger partial charge in [0.25, 0.3) is 0 Å². The van der Waals surface area contributed by atoms with Crippen LogP contribution in [-0.4, -0.2) is 42.9 Å². The molecule has 1 rings (SSSR count). The Morgan fingerprint density at radius 1 is 1.32 bits per heavy atom. The predicted octanol–water partition coefficient (Wildman–Crippen LogP) is 0.910. The number of nitrogens with two attached hydrogens (primary N) is 1. The smallest absolute Gasteiger partial charge is 0.241 e. The van der Waals surface area contributed by atoms with Crippen molar-refractivity contribution >= 4 is 24.2 Å². The predicted molar refractivity (Wildman–Crippen MR) is 78.1 cm³/mol. The van der Waals surface area contributed by atoms with Crippen molar-refractivity contribution in [3.63, 3.8) is 0 Å².